The lowest BCUT2D eigenvalue weighted by Crippen LogP contribution is -2.42. The minimum atomic E-state index is -3.46. The van der Waals surface area contributed by atoms with Gasteiger partial charge in [0.05, 0.1) is 11.9 Å². The van der Waals surface area contributed by atoms with E-state index in [1.54, 1.807) is 0 Å². The van der Waals surface area contributed by atoms with Gasteiger partial charge in [0.2, 0.25) is 0 Å². The van der Waals surface area contributed by atoms with Gasteiger partial charge in [-0.25, -0.2) is 4.79 Å². The molecule has 0 aliphatic heterocycles. The fraction of sp³-hybridized carbons (Fsp3) is 0.933. The molecule has 22 heavy (non-hydrogen) atoms. The molecule has 0 atom stereocenters. The highest BCUT2D eigenvalue weighted by Gasteiger charge is 2.28. The van der Waals surface area contributed by atoms with Crippen LogP contribution in [0, 0.1) is 5.92 Å². The van der Waals surface area contributed by atoms with Gasteiger partial charge in [-0.3, -0.25) is 4.18 Å². The van der Waals surface area contributed by atoms with Gasteiger partial charge >= 0.3 is 6.09 Å². The van der Waals surface area contributed by atoms with Gasteiger partial charge in [0.1, 0.15) is 5.60 Å². The van der Waals surface area contributed by atoms with Crippen LogP contribution in [0.25, 0.3) is 0 Å². The Morgan fingerprint density at radius 3 is 2.18 bits per heavy atom. The first kappa shape index (κ1) is 19.2. The lowest BCUT2D eigenvalue weighted by molar-refractivity contribution is 0.0471. The minimum absolute atomic E-state index is 0.0162. The van der Waals surface area contributed by atoms with Gasteiger partial charge in [-0.05, 0) is 52.4 Å². The number of alkyl carbamates (subject to hydrolysis) is 1. The van der Waals surface area contributed by atoms with Crippen LogP contribution in [-0.4, -0.2) is 38.0 Å². The summed E-state index contributed by atoms with van der Waals surface area (Å²) < 4.78 is 34.1. The Hall–Kier alpha value is -0.820. The van der Waals surface area contributed by atoms with E-state index in [0.717, 1.165) is 0 Å². The predicted octanol–water partition coefficient (Wildman–Crippen LogP) is 2.82. The number of nitrogens with one attached hydrogen (secondary N) is 1. The zero-order chi connectivity index (χ0) is 17.0. The quantitative estimate of drug-likeness (QED) is 0.781. The van der Waals surface area contributed by atoms with Crippen LogP contribution < -0.4 is 5.32 Å². The molecule has 0 unspecified atom stereocenters. The molecular weight excluding hydrogens is 306 g/mol. The second-order valence-corrected chi connectivity index (χ2v) is 8.98. The van der Waals surface area contributed by atoms with E-state index in [9.17, 15) is 13.2 Å². The van der Waals surface area contributed by atoms with Gasteiger partial charge in [-0.2, -0.15) is 8.42 Å². The van der Waals surface area contributed by atoms with Crippen molar-refractivity contribution in [1.82, 2.24) is 5.32 Å². The van der Waals surface area contributed by atoms with Crippen LogP contribution in [0.2, 0.25) is 0 Å². The Morgan fingerprint density at radius 2 is 1.73 bits per heavy atom. The topological polar surface area (TPSA) is 81.7 Å². The number of rotatable bonds is 5. The number of amides is 1. The van der Waals surface area contributed by atoms with E-state index in [1.807, 2.05) is 34.6 Å². The summed E-state index contributed by atoms with van der Waals surface area (Å²) >= 11 is 0. The second-order valence-electron chi connectivity index (χ2n) is 7.33. The largest absolute Gasteiger partial charge is 0.444 e. The van der Waals surface area contributed by atoms with Gasteiger partial charge in [0.25, 0.3) is 10.1 Å². The smallest absolute Gasteiger partial charge is 0.407 e. The first-order chi connectivity index (χ1) is 9.97. The van der Waals surface area contributed by atoms with Crippen molar-refractivity contribution in [2.24, 2.45) is 5.92 Å². The number of ether oxygens (including phenoxy) is 1. The Morgan fingerprint density at radius 1 is 1.18 bits per heavy atom. The Balaban J connectivity index is 2.36. The third kappa shape index (κ3) is 7.98. The molecule has 1 N–H and O–H groups in total. The molecule has 6 nitrogen and oxygen atoms in total. The minimum Gasteiger partial charge on any atom is -0.444 e. The zero-order valence-corrected chi connectivity index (χ0v) is 15.0. The Kier molecular flexibility index (Phi) is 6.67. The van der Waals surface area contributed by atoms with Gasteiger partial charge in [-0.15, -0.1) is 0 Å². The van der Waals surface area contributed by atoms with Crippen molar-refractivity contribution in [3.05, 3.63) is 0 Å². The fourth-order valence-electron chi connectivity index (χ4n) is 2.43. The lowest BCUT2D eigenvalue weighted by Gasteiger charge is -2.29. The van der Waals surface area contributed by atoms with E-state index in [1.165, 1.54) is 0 Å². The van der Waals surface area contributed by atoms with Gasteiger partial charge in [-0.1, -0.05) is 13.8 Å². The summed E-state index contributed by atoms with van der Waals surface area (Å²) in [6.45, 7) is 9.15. The van der Waals surface area contributed by atoms with Crippen LogP contribution in [0.3, 0.4) is 0 Å². The number of hydrogen-bond donors (Lipinski definition) is 1. The SMILES string of the molecule is CC(C)CS(=O)(=O)OC1CCC(NC(=O)OC(C)(C)C)CC1. The number of carbonyl (C=O) groups excluding carboxylic acids is 1. The molecule has 0 saturated heterocycles. The highest BCUT2D eigenvalue weighted by molar-refractivity contribution is 7.86. The summed E-state index contributed by atoms with van der Waals surface area (Å²) in [4.78, 5) is 11.7. The maximum Gasteiger partial charge on any atom is 0.407 e. The molecule has 7 heteroatoms. The van der Waals surface area contributed by atoms with E-state index in [0.29, 0.717) is 25.7 Å². The van der Waals surface area contributed by atoms with Crippen molar-refractivity contribution >= 4 is 16.2 Å². The molecular formula is C15H29NO5S. The van der Waals surface area contributed by atoms with E-state index in [4.69, 9.17) is 8.92 Å². The normalized spacial score (nSPS) is 23.4. The molecule has 1 rings (SSSR count). The first-order valence-electron chi connectivity index (χ1n) is 7.87. The van der Waals surface area contributed by atoms with Gasteiger partial charge in [0.15, 0.2) is 0 Å². The van der Waals surface area contributed by atoms with Crippen LogP contribution >= 0.6 is 0 Å². The molecule has 0 bridgehead atoms. The molecule has 0 radical (unpaired) electrons. The molecule has 0 aromatic heterocycles. The van der Waals surface area contributed by atoms with E-state index < -0.39 is 21.8 Å². The molecule has 0 heterocycles. The third-order valence-electron chi connectivity index (χ3n) is 3.22. The standard InChI is InChI=1S/C15H29NO5S/c1-11(2)10-22(18,19)21-13-8-6-12(7-9-13)16-14(17)20-15(3,4)5/h11-13H,6-10H2,1-5H3,(H,16,17). The van der Waals surface area contributed by atoms with E-state index in [2.05, 4.69) is 5.32 Å². The van der Waals surface area contributed by atoms with Crippen LogP contribution in [0.5, 0.6) is 0 Å². The number of carbonyl (C=O) groups is 1. The van der Waals surface area contributed by atoms with Crippen LogP contribution in [0.1, 0.15) is 60.3 Å². The van der Waals surface area contributed by atoms with Crippen molar-refractivity contribution in [1.29, 1.82) is 0 Å². The zero-order valence-electron chi connectivity index (χ0n) is 14.2. The van der Waals surface area contributed by atoms with Gasteiger partial charge < -0.3 is 10.1 Å². The molecule has 1 aliphatic carbocycles. The van der Waals surface area contributed by atoms with Crippen molar-refractivity contribution in [3.63, 3.8) is 0 Å². The van der Waals surface area contributed by atoms with E-state index in [-0.39, 0.29) is 23.8 Å². The molecule has 1 aliphatic rings. The maximum atomic E-state index is 11.8. The predicted molar refractivity (Wildman–Crippen MR) is 85.1 cm³/mol. The lowest BCUT2D eigenvalue weighted by atomic mass is 9.93. The third-order valence-corrected chi connectivity index (χ3v) is 4.86. The summed E-state index contributed by atoms with van der Waals surface area (Å²) in [5.74, 6) is 0.0958. The highest BCUT2D eigenvalue weighted by Crippen LogP contribution is 2.23. The van der Waals surface area contributed by atoms with Crippen LogP contribution in [-0.2, 0) is 19.0 Å². The highest BCUT2D eigenvalue weighted by atomic mass is 32.2. The molecule has 0 spiro atoms. The van der Waals surface area contributed by atoms with Gasteiger partial charge in [0, 0.05) is 6.04 Å². The average molecular weight is 335 g/mol. The fourth-order valence-corrected chi connectivity index (χ4v) is 3.93. The molecule has 1 fully saturated rings. The van der Waals surface area contributed by atoms with Crippen molar-refractivity contribution in [2.75, 3.05) is 5.75 Å². The summed E-state index contributed by atoms with van der Waals surface area (Å²) in [6.07, 6.45) is 1.93. The molecule has 0 aromatic carbocycles. The van der Waals surface area contributed by atoms with Crippen LogP contribution in [0.15, 0.2) is 0 Å². The molecule has 1 saturated carbocycles. The number of hydrogen-bond acceptors (Lipinski definition) is 5. The Labute approximate surface area is 134 Å². The first-order valence-corrected chi connectivity index (χ1v) is 9.45. The molecule has 0 aromatic rings. The monoisotopic (exact) mass is 335 g/mol. The maximum absolute atomic E-state index is 11.8. The summed E-state index contributed by atoms with van der Waals surface area (Å²) in [6, 6.07) is 0.0162. The second kappa shape index (κ2) is 7.64. The van der Waals surface area contributed by atoms with Crippen molar-refractivity contribution in [2.45, 2.75) is 78.0 Å². The van der Waals surface area contributed by atoms with Crippen molar-refractivity contribution in [3.8, 4) is 0 Å². The summed E-state index contributed by atoms with van der Waals surface area (Å²) in [5.41, 5.74) is -0.519. The Bertz CT molecular complexity index is 459. The molecule has 1 amide bonds. The van der Waals surface area contributed by atoms with Crippen LogP contribution in [0.4, 0.5) is 4.79 Å². The summed E-state index contributed by atoms with van der Waals surface area (Å²) in [7, 11) is -3.46. The van der Waals surface area contributed by atoms with Crippen molar-refractivity contribution < 1.29 is 22.1 Å². The average Bonchev–Trinajstić information content (AvgIpc) is 2.26. The summed E-state index contributed by atoms with van der Waals surface area (Å²) in [5, 5.41) is 2.82. The molecule has 130 valence electrons. The van der Waals surface area contributed by atoms with E-state index >= 15 is 0 Å².